The molecule has 0 aromatic heterocycles. The minimum atomic E-state index is -0.622. The van der Waals surface area contributed by atoms with Gasteiger partial charge < -0.3 is 10.1 Å². The number of hydrogen-bond acceptors (Lipinski definition) is 3. The Morgan fingerprint density at radius 3 is 2.75 bits per heavy atom. The predicted molar refractivity (Wildman–Crippen MR) is 75.8 cm³/mol. The summed E-state index contributed by atoms with van der Waals surface area (Å²) in [5.41, 5.74) is 1.01. The van der Waals surface area contributed by atoms with Crippen molar-refractivity contribution in [2.24, 2.45) is 5.92 Å². The molecule has 0 saturated heterocycles. The van der Waals surface area contributed by atoms with Crippen molar-refractivity contribution in [1.82, 2.24) is 5.32 Å². The number of carbonyl (C=O) groups is 1. The maximum absolute atomic E-state index is 12.1. The van der Waals surface area contributed by atoms with Gasteiger partial charge in [0.25, 0.3) is 0 Å². The molecule has 0 aliphatic heterocycles. The molecule has 0 spiro atoms. The Labute approximate surface area is 119 Å². The van der Waals surface area contributed by atoms with E-state index in [-0.39, 0.29) is 18.1 Å². The summed E-state index contributed by atoms with van der Waals surface area (Å²) in [7, 11) is 0. The van der Waals surface area contributed by atoms with Gasteiger partial charge in [0.05, 0.1) is 12.2 Å². The molecular weight excluding hydrogens is 252 g/mol. The lowest BCUT2D eigenvalue weighted by molar-refractivity contribution is -0.126. The summed E-state index contributed by atoms with van der Waals surface area (Å²) in [6.07, 6.45) is 2.43. The van der Waals surface area contributed by atoms with Crippen LogP contribution in [-0.4, -0.2) is 24.7 Å². The van der Waals surface area contributed by atoms with E-state index in [0.717, 1.165) is 18.4 Å². The number of carbonyl (C=O) groups excluding carboxylic acids is 1. The standard InChI is InChI=1S/C16H20N2O2/c1-2-20-15-9-14(10-15)18-16(19)13(11-17)8-12-6-4-3-5-7-12/h3-7,13-15H,2,8-10H2,1H3,(H,18,19). The van der Waals surface area contributed by atoms with Crippen LogP contribution in [0.4, 0.5) is 0 Å². The van der Waals surface area contributed by atoms with Gasteiger partial charge in [0.15, 0.2) is 0 Å². The van der Waals surface area contributed by atoms with E-state index in [0.29, 0.717) is 13.0 Å². The quantitative estimate of drug-likeness (QED) is 0.862. The third-order valence-electron chi connectivity index (χ3n) is 3.60. The highest BCUT2D eigenvalue weighted by atomic mass is 16.5. The molecule has 4 heteroatoms. The maximum atomic E-state index is 12.1. The zero-order chi connectivity index (χ0) is 14.4. The first-order valence-corrected chi connectivity index (χ1v) is 7.08. The van der Waals surface area contributed by atoms with Crippen LogP contribution in [0.2, 0.25) is 0 Å². The summed E-state index contributed by atoms with van der Waals surface area (Å²) in [5.74, 6) is -0.792. The lowest BCUT2D eigenvalue weighted by Crippen LogP contribution is -2.49. The Kier molecular flexibility index (Phi) is 5.14. The number of amides is 1. The first-order chi connectivity index (χ1) is 9.72. The number of nitrogens with one attached hydrogen (secondary N) is 1. The van der Waals surface area contributed by atoms with Crippen molar-refractivity contribution in [1.29, 1.82) is 5.26 Å². The van der Waals surface area contributed by atoms with Gasteiger partial charge in [-0.2, -0.15) is 5.26 Å². The van der Waals surface area contributed by atoms with Crippen LogP contribution in [-0.2, 0) is 16.0 Å². The van der Waals surface area contributed by atoms with Crippen LogP contribution in [0.3, 0.4) is 0 Å². The van der Waals surface area contributed by atoms with Gasteiger partial charge in [-0.1, -0.05) is 30.3 Å². The smallest absolute Gasteiger partial charge is 0.237 e. The van der Waals surface area contributed by atoms with Gasteiger partial charge in [-0.25, -0.2) is 0 Å². The van der Waals surface area contributed by atoms with Crippen LogP contribution >= 0.6 is 0 Å². The maximum Gasteiger partial charge on any atom is 0.237 e. The first kappa shape index (κ1) is 14.5. The third-order valence-corrected chi connectivity index (χ3v) is 3.60. The fraction of sp³-hybridized carbons (Fsp3) is 0.500. The summed E-state index contributed by atoms with van der Waals surface area (Å²) in [5, 5.41) is 12.1. The highest BCUT2D eigenvalue weighted by Crippen LogP contribution is 2.23. The highest BCUT2D eigenvalue weighted by Gasteiger charge is 2.32. The van der Waals surface area contributed by atoms with E-state index in [1.165, 1.54) is 0 Å². The second kappa shape index (κ2) is 7.06. The van der Waals surface area contributed by atoms with E-state index in [2.05, 4.69) is 11.4 Å². The van der Waals surface area contributed by atoms with Crippen LogP contribution in [0.15, 0.2) is 30.3 Å². The van der Waals surface area contributed by atoms with Crippen molar-refractivity contribution in [3.8, 4) is 6.07 Å². The Bertz CT molecular complexity index is 475. The van der Waals surface area contributed by atoms with Gasteiger partial charge in [0.2, 0.25) is 5.91 Å². The number of nitriles is 1. The van der Waals surface area contributed by atoms with Crippen molar-refractivity contribution in [2.75, 3.05) is 6.61 Å². The molecule has 1 saturated carbocycles. The third kappa shape index (κ3) is 3.82. The van der Waals surface area contributed by atoms with Crippen LogP contribution in [0.25, 0.3) is 0 Å². The predicted octanol–water partition coefficient (Wildman–Crippen LogP) is 2.05. The van der Waals surface area contributed by atoms with E-state index in [1.54, 1.807) is 0 Å². The fourth-order valence-electron chi connectivity index (χ4n) is 2.40. The highest BCUT2D eigenvalue weighted by molar-refractivity contribution is 5.81. The van der Waals surface area contributed by atoms with Crippen LogP contribution in [0, 0.1) is 17.2 Å². The second-order valence-electron chi connectivity index (χ2n) is 5.13. The monoisotopic (exact) mass is 272 g/mol. The van der Waals surface area contributed by atoms with E-state index >= 15 is 0 Å². The van der Waals surface area contributed by atoms with Crippen molar-refractivity contribution in [3.05, 3.63) is 35.9 Å². The summed E-state index contributed by atoms with van der Waals surface area (Å²) < 4.78 is 5.46. The molecule has 106 valence electrons. The van der Waals surface area contributed by atoms with E-state index < -0.39 is 5.92 Å². The topological polar surface area (TPSA) is 62.1 Å². The molecule has 0 heterocycles. The van der Waals surface area contributed by atoms with Crippen molar-refractivity contribution in [3.63, 3.8) is 0 Å². The number of ether oxygens (including phenoxy) is 1. The Morgan fingerprint density at radius 2 is 2.15 bits per heavy atom. The Balaban J connectivity index is 1.80. The van der Waals surface area contributed by atoms with Gasteiger partial charge in [-0.3, -0.25) is 4.79 Å². The summed E-state index contributed by atoms with van der Waals surface area (Å²) >= 11 is 0. The molecule has 1 aromatic carbocycles. The van der Waals surface area contributed by atoms with Gasteiger partial charge in [0.1, 0.15) is 5.92 Å². The number of benzene rings is 1. The van der Waals surface area contributed by atoms with E-state index in [9.17, 15) is 4.79 Å². The Morgan fingerprint density at radius 1 is 1.45 bits per heavy atom. The molecule has 1 aliphatic carbocycles. The molecule has 1 fully saturated rings. The normalized spacial score (nSPS) is 22.4. The van der Waals surface area contributed by atoms with Crippen LogP contribution in [0.1, 0.15) is 25.3 Å². The molecular formula is C16H20N2O2. The molecule has 1 N–H and O–H groups in total. The van der Waals surface area contributed by atoms with Gasteiger partial charge in [-0.15, -0.1) is 0 Å². The number of nitrogens with zero attached hydrogens (tertiary/aromatic N) is 1. The van der Waals surface area contributed by atoms with Crippen LogP contribution in [0.5, 0.6) is 0 Å². The summed E-state index contributed by atoms with van der Waals surface area (Å²) in [4.78, 5) is 12.1. The minimum absolute atomic E-state index is 0.158. The largest absolute Gasteiger partial charge is 0.378 e. The summed E-state index contributed by atoms with van der Waals surface area (Å²) in [6.45, 7) is 2.68. The van der Waals surface area contributed by atoms with Gasteiger partial charge in [0, 0.05) is 12.6 Å². The zero-order valence-electron chi connectivity index (χ0n) is 11.7. The molecule has 1 aromatic rings. The molecule has 0 radical (unpaired) electrons. The Hall–Kier alpha value is -1.86. The summed E-state index contributed by atoms with van der Waals surface area (Å²) in [6, 6.07) is 11.9. The number of hydrogen-bond donors (Lipinski definition) is 1. The lowest BCUT2D eigenvalue weighted by atomic mass is 9.88. The van der Waals surface area contributed by atoms with Crippen molar-refractivity contribution >= 4 is 5.91 Å². The molecule has 2 rings (SSSR count). The minimum Gasteiger partial charge on any atom is -0.378 e. The van der Waals surface area contributed by atoms with Crippen molar-refractivity contribution in [2.45, 2.75) is 38.3 Å². The average molecular weight is 272 g/mol. The first-order valence-electron chi connectivity index (χ1n) is 7.08. The lowest BCUT2D eigenvalue weighted by Gasteiger charge is -2.35. The average Bonchev–Trinajstić information content (AvgIpc) is 2.43. The molecule has 1 atom stereocenters. The molecule has 1 unspecified atom stereocenters. The molecule has 4 nitrogen and oxygen atoms in total. The molecule has 0 bridgehead atoms. The second-order valence-corrected chi connectivity index (χ2v) is 5.13. The van der Waals surface area contributed by atoms with Crippen molar-refractivity contribution < 1.29 is 9.53 Å². The zero-order valence-corrected chi connectivity index (χ0v) is 11.7. The van der Waals surface area contributed by atoms with E-state index in [1.807, 2.05) is 37.3 Å². The molecule has 1 amide bonds. The van der Waals surface area contributed by atoms with E-state index in [4.69, 9.17) is 10.00 Å². The number of rotatable bonds is 6. The molecule has 20 heavy (non-hydrogen) atoms. The van der Waals surface area contributed by atoms with Gasteiger partial charge in [-0.05, 0) is 31.7 Å². The fourth-order valence-corrected chi connectivity index (χ4v) is 2.40. The molecule has 1 aliphatic rings. The van der Waals surface area contributed by atoms with Gasteiger partial charge >= 0.3 is 0 Å². The van der Waals surface area contributed by atoms with Crippen LogP contribution < -0.4 is 5.32 Å². The SMILES string of the molecule is CCOC1CC(NC(=O)C(C#N)Cc2ccccc2)C1.